The van der Waals surface area contributed by atoms with Crippen molar-refractivity contribution in [1.82, 2.24) is 5.32 Å². The van der Waals surface area contributed by atoms with Crippen LogP contribution in [-0.2, 0) is 10.3 Å². The fraction of sp³-hybridized carbons (Fsp3) is 0.235. The molecule has 6 heteroatoms. The molecule has 2 atom stereocenters. The summed E-state index contributed by atoms with van der Waals surface area (Å²) in [6, 6.07) is 10.2. The zero-order valence-electron chi connectivity index (χ0n) is 12.0. The molecule has 3 nitrogen and oxygen atoms in total. The fourth-order valence-corrected chi connectivity index (χ4v) is 4.11. The number of halogens is 3. The molecule has 0 bridgehead atoms. The summed E-state index contributed by atoms with van der Waals surface area (Å²) >= 11 is 11.9. The number of hydrogen-bond donors (Lipinski definition) is 2. The highest BCUT2D eigenvalue weighted by Crippen LogP contribution is 2.50. The van der Waals surface area contributed by atoms with Crippen molar-refractivity contribution in [3.63, 3.8) is 0 Å². The quantitative estimate of drug-likeness (QED) is 0.814. The van der Waals surface area contributed by atoms with Crippen molar-refractivity contribution in [2.45, 2.75) is 17.9 Å². The number of rotatable bonds is 1. The minimum atomic E-state index is -0.981. The lowest BCUT2D eigenvalue weighted by Gasteiger charge is -2.30. The smallest absolute Gasteiger partial charge is 0.250 e. The van der Waals surface area contributed by atoms with E-state index in [0.29, 0.717) is 29.2 Å². The predicted octanol–water partition coefficient (Wildman–Crippen LogP) is 4.06. The molecule has 4 rings (SSSR count). The Hall–Kier alpha value is -1.62. The van der Waals surface area contributed by atoms with Gasteiger partial charge in [-0.15, -0.1) is 0 Å². The highest BCUT2D eigenvalue weighted by atomic mass is 35.5. The predicted molar refractivity (Wildman–Crippen MR) is 88.5 cm³/mol. The molecule has 0 radical (unpaired) electrons. The Morgan fingerprint density at radius 2 is 2.04 bits per heavy atom. The van der Waals surface area contributed by atoms with E-state index in [9.17, 15) is 9.18 Å². The van der Waals surface area contributed by atoms with Gasteiger partial charge in [-0.2, -0.15) is 0 Å². The number of amides is 1. The van der Waals surface area contributed by atoms with Gasteiger partial charge in [-0.05, 0) is 36.7 Å². The molecule has 23 heavy (non-hydrogen) atoms. The molecule has 1 unspecified atom stereocenters. The van der Waals surface area contributed by atoms with Gasteiger partial charge in [0.1, 0.15) is 11.4 Å². The summed E-state index contributed by atoms with van der Waals surface area (Å²) in [7, 11) is 0. The number of carbonyl (C=O) groups excluding carboxylic acids is 1. The number of anilines is 1. The van der Waals surface area contributed by atoms with Crippen LogP contribution in [0.25, 0.3) is 0 Å². The van der Waals surface area contributed by atoms with E-state index in [2.05, 4.69) is 10.6 Å². The van der Waals surface area contributed by atoms with Crippen LogP contribution < -0.4 is 10.6 Å². The maximum Gasteiger partial charge on any atom is 0.250 e. The van der Waals surface area contributed by atoms with E-state index < -0.39 is 11.4 Å². The molecule has 118 valence electrons. The van der Waals surface area contributed by atoms with Gasteiger partial charge in [0.05, 0.1) is 5.02 Å². The summed E-state index contributed by atoms with van der Waals surface area (Å²) in [5.41, 5.74) is 0.949. The van der Waals surface area contributed by atoms with Crippen molar-refractivity contribution >= 4 is 34.8 Å². The van der Waals surface area contributed by atoms with Gasteiger partial charge >= 0.3 is 0 Å². The largest absolute Gasteiger partial charge is 0.324 e. The Labute approximate surface area is 142 Å². The zero-order valence-corrected chi connectivity index (χ0v) is 13.5. The van der Waals surface area contributed by atoms with Gasteiger partial charge in [-0.25, -0.2) is 4.39 Å². The number of nitrogens with one attached hydrogen (secondary N) is 2. The molecule has 2 aliphatic heterocycles. The second kappa shape index (κ2) is 5.20. The number of benzene rings is 2. The molecule has 0 aliphatic carbocycles. The first-order chi connectivity index (χ1) is 11.0. The highest BCUT2D eigenvalue weighted by molar-refractivity contribution is 6.31. The number of carbonyl (C=O) groups is 1. The van der Waals surface area contributed by atoms with Gasteiger partial charge in [0.2, 0.25) is 5.91 Å². The van der Waals surface area contributed by atoms with Gasteiger partial charge in [0.25, 0.3) is 0 Å². The summed E-state index contributed by atoms with van der Waals surface area (Å²) in [4.78, 5) is 12.8. The minimum Gasteiger partial charge on any atom is -0.324 e. The molecule has 0 saturated carbocycles. The van der Waals surface area contributed by atoms with Gasteiger partial charge in [-0.3, -0.25) is 10.1 Å². The zero-order chi connectivity index (χ0) is 16.2. The lowest BCUT2D eigenvalue weighted by molar-refractivity contribution is -0.122. The third-order valence-corrected chi connectivity index (χ3v) is 5.26. The van der Waals surface area contributed by atoms with E-state index in [1.165, 1.54) is 6.07 Å². The molecular weight excluding hydrogens is 338 g/mol. The summed E-state index contributed by atoms with van der Waals surface area (Å²) < 4.78 is 14.5. The third-order valence-electron chi connectivity index (χ3n) is 4.73. The van der Waals surface area contributed by atoms with E-state index in [1.807, 2.05) is 6.07 Å². The average molecular weight is 351 g/mol. The summed E-state index contributed by atoms with van der Waals surface area (Å²) in [6.45, 7) is 0.617. The van der Waals surface area contributed by atoms with Crippen LogP contribution in [0.4, 0.5) is 10.1 Å². The number of fused-ring (bicyclic) bond motifs is 2. The first-order valence-electron chi connectivity index (χ1n) is 7.34. The lowest BCUT2D eigenvalue weighted by atomic mass is 9.76. The van der Waals surface area contributed by atoms with Crippen molar-refractivity contribution < 1.29 is 9.18 Å². The van der Waals surface area contributed by atoms with Crippen molar-refractivity contribution in [2.24, 2.45) is 0 Å². The highest BCUT2D eigenvalue weighted by Gasteiger charge is 2.56. The summed E-state index contributed by atoms with van der Waals surface area (Å²) in [5, 5.41) is 6.77. The minimum absolute atomic E-state index is 0.0688. The summed E-state index contributed by atoms with van der Waals surface area (Å²) in [6.07, 6.45) is 0.646. The first kappa shape index (κ1) is 14.9. The monoisotopic (exact) mass is 350 g/mol. The SMILES string of the molecule is O=C1Nc2cc(Cl)ccc2[C@]12NCCC2c1cccc(Cl)c1F. The maximum atomic E-state index is 14.5. The molecule has 2 aromatic carbocycles. The van der Waals surface area contributed by atoms with Crippen LogP contribution in [0.2, 0.25) is 10.0 Å². The second-order valence-electron chi connectivity index (χ2n) is 5.86. The molecule has 2 heterocycles. The average Bonchev–Trinajstić information content (AvgIpc) is 3.06. The molecule has 2 aliphatic rings. The standard InChI is InChI=1S/C17H13Cl2FN2O/c18-9-4-5-12-14(8-9)22-16(23)17(12)11(6-7-21-17)10-2-1-3-13(19)15(10)20/h1-5,8,11,21H,6-7H2,(H,22,23)/t11?,17-/m0/s1. The van der Waals surface area contributed by atoms with E-state index in [4.69, 9.17) is 23.2 Å². The van der Waals surface area contributed by atoms with E-state index in [-0.39, 0.29) is 16.8 Å². The molecule has 2 aromatic rings. The first-order valence-corrected chi connectivity index (χ1v) is 8.10. The maximum absolute atomic E-state index is 14.5. The lowest BCUT2D eigenvalue weighted by Crippen LogP contribution is -2.47. The van der Waals surface area contributed by atoms with E-state index in [1.54, 1.807) is 24.3 Å². The number of hydrogen-bond acceptors (Lipinski definition) is 2. The van der Waals surface area contributed by atoms with Gasteiger partial charge in [0.15, 0.2) is 0 Å². The molecule has 1 saturated heterocycles. The Balaban J connectivity index is 1.91. The van der Waals surface area contributed by atoms with Crippen LogP contribution in [-0.4, -0.2) is 12.5 Å². The Morgan fingerprint density at radius 1 is 1.22 bits per heavy atom. The molecular formula is C17H13Cl2FN2O. The van der Waals surface area contributed by atoms with Crippen LogP contribution in [0.3, 0.4) is 0 Å². The summed E-state index contributed by atoms with van der Waals surface area (Å²) in [5.74, 6) is -0.974. The van der Waals surface area contributed by atoms with Gasteiger partial charge < -0.3 is 5.32 Å². The van der Waals surface area contributed by atoms with E-state index in [0.717, 1.165) is 5.56 Å². The van der Waals surface area contributed by atoms with Crippen molar-refractivity contribution in [3.05, 3.63) is 63.4 Å². The van der Waals surface area contributed by atoms with Crippen LogP contribution >= 0.6 is 23.2 Å². The van der Waals surface area contributed by atoms with Crippen molar-refractivity contribution in [2.75, 3.05) is 11.9 Å². The third kappa shape index (κ3) is 2.02. The molecule has 1 spiro atoms. The van der Waals surface area contributed by atoms with Crippen molar-refractivity contribution in [3.8, 4) is 0 Å². The fourth-order valence-electron chi connectivity index (χ4n) is 3.76. The van der Waals surface area contributed by atoms with E-state index >= 15 is 0 Å². The van der Waals surface area contributed by atoms with Crippen LogP contribution in [0.15, 0.2) is 36.4 Å². The van der Waals surface area contributed by atoms with Crippen LogP contribution in [0.1, 0.15) is 23.5 Å². The van der Waals surface area contributed by atoms with Crippen LogP contribution in [0.5, 0.6) is 0 Å². The molecule has 1 amide bonds. The Kier molecular flexibility index (Phi) is 3.38. The van der Waals surface area contributed by atoms with Gasteiger partial charge in [-0.1, -0.05) is 41.4 Å². The molecule has 0 aromatic heterocycles. The van der Waals surface area contributed by atoms with Crippen molar-refractivity contribution in [1.29, 1.82) is 0 Å². The normalized spacial score (nSPS) is 25.7. The topological polar surface area (TPSA) is 41.1 Å². The second-order valence-corrected chi connectivity index (χ2v) is 6.71. The van der Waals surface area contributed by atoms with Gasteiger partial charge in [0, 0.05) is 22.2 Å². The molecule has 1 fully saturated rings. The van der Waals surface area contributed by atoms with Crippen LogP contribution in [0, 0.1) is 5.82 Å². The molecule has 2 N–H and O–H groups in total. The Morgan fingerprint density at radius 3 is 2.87 bits per heavy atom. The Bertz CT molecular complexity index is 826.